The van der Waals surface area contributed by atoms with Crippen LogP contribution in [0.3, 0.4) is 0 Å². The number of rotatable bonds is 6. The number of carbonyl (C=O) groups is 1. The molecule has 106 valence electrons. The number of hydrogen-bond donors (Lipinski definition) is 3. The van der Waals surface area contributed by atoms with Gasteiger partial charge in [-0.1, -0.05) is 13.8 Å². The minimum atomic E-state index is -0.379. The fraction of sp³-hybridized carbons (Fsp3) is 0.500. The van der Waals surface area contributed by atoms with Gasteiger partial charge in [0.05, 0.1) is 18.2 Å². The Labute approximate surface area is 113 Å². The molecule has 19 heavy (non-hydrogen) atoms. The summed E-state index contributed by atoms with van der Waals surface area (Å²) in [6.45, 7) is 6.88. The first kappa shape index (κ1) is 15.3. The predicted octanol–water partition coefficient (Wildman–Crippen LogP) is 1.89. The molecule has 0 aliphatic carbocycles. The van der Waals surface area contributed by atoms with Crippen LogP contribution in [-0.4, -0.2) is 35.4 Å². The fourth-order valence-electron chi connectivity index (χ4n) is 1.60. The van der Waals surface area contributed by atoms with Crippen molar-refractivity contribution in [2.45, 2.75) is 26.8 Å². The second kappa shape index (κ2) is 6.99. The quantitative estimate of drug-likeness (QED) is 0.735. The molecule has 1 aromatic carbocycles. The third kappa shape index (κ3) is 4.44. The molecule has 0 saturated heterocycles. The van der Waals surface area contributed by atoms with E-state index in [1.54, 1.807) is 0 Å². The number of carbonyl (C=O) groups excluding carboxylic acids is 1. The van der Waals surface area contributed by atoms with Gasteiger partial charge in [0, 0.05) is 12.7 Å². The van der Waals surface area contributed by atoms with Gasteiger partial charge in [-0.2, -0.15) is 0 Å². The Morgan fingerprint density at radius 3 is 2.58 bits per heavy atom. The topological polar surface area (TPSA) is 78.8 Å². The molecular formula is C14H21NO4. The van der Waals surface area contributed by atoms with Crippen molar-refractivity contribution in [1.82, 2.24) is 5.32 Å². The van der Waals surface area contributed by atoms with E-state index < -0.39 is 0 Å². The maximum Gasteiger partial charge on any atom is 0.255 e. The van der Waals surface area contributed by atoms with Crippen LogP contribution in [0.2, 0.25) is 0 Å². The molecule has 1 amide bonds. The Morgan fingerprint density at radius 1 is 1.37 bits per heavy atom. The molecule has 0 spiro atoms. The average Bonchev–Trinajstić information content (AvgIpc) is 2.33. The third-order valence-electron chi connectivity index (χ3n) is 2.85. The van der Waals surface area contributed by atoms with Crippen LogP contribution < -0.4 is 5.32 Å². The first-order valence-corrected chi connectivity index (χ1v) is 6.36. The summed E-state index contributed by atoms with van der Waals surface area (Å²) in [6, 6.07) is 3.77. The van der Waals surface area contributed by atoms with Gasteiger partial charge in [0.2, 0.25) is 0 Å². The van der Waals surface area contributed by atoms with Crippen molar-refractivity contribution in [1.29, 1.82) is 0 Å². The summed E-state index contributed by atoms with van der Waals surface area (Å²) in [6.07, 6.45) is 0. The van der Waals surface area contributed by atoms with Gasteiger partial charge in [-0.05, 0) is 25.0 Å². The monoisotopic (exact) mass is 267 g/mol. The van der Waals surface area contributed by atoms with Crippen LogP contribution >= 0.6 is 0 Å². The van der Waals surface area contributed by atoms with Crippen LogP contribution in [0.4, 0.5) is 0 Å². The van der Waals surface area contributed by atoms with Gasteiger partial charge in [-0.25, -0.2) is 0 Å². The van der Waals surface area contributed by atoms with Crippen LogP contribution in [0.5, 0.6) is 11.5 Å². The van der Waals surface area contributed by atoms with Crippen LogP contribution in [0.1, 0.15) is 31.1 Å². The van der Waals surface area contributed by atoms with Gasteiger partial charge in [-0.15, -0.1) is 0 Å². The highest BCUT2D eigenvalue weighted by Gasteiger charge is 2.19. The number of aromatic hydroxyl groups is 2. The Morgan fingerprint density at radius 2 is 2.05 bits per heavy atom. The highest BCUT2D eigenvalue weighted by Crippen LogP contribution is 2.22. The summed E-state index contributed by atoms with van der Waals surface area (Å²) >= 11 is 0. The highest BCUT2D eigenvalue weighted by atomic mass is 16.5. The fourth-order valence-corrected chi connectivity index (χ4v) is 1.60. The van der Waals surface area contributed by atoms with Gasteiger partial charge in [0.1, 0.15) is 11.5 Å². The molecule has 1 atom stereocenters. The van der Waals surface area contributed by atoms with Crippen LogP contribution in [-0.2, 0) is 4.74 Å². The van der Waals surface area contributed by atoms with Gasteiger partial charge in [-0.3, -0.25) is 4.79 Å². The lowest BCUT2D eigenvalue weighted by Gasteiger charge is -2.22. The van der Waals surface area contributed by atoms with Crippen molar-refractivity contribution in [3.8, 4) is 11.5 Å². The molecular weight excluding hydrogens is 246 g/mol. The van der Waals surface area contributed by atoms with Gasteiger partial charge < -0.3 is 20.3 Å². The molecule has 0 heterocycles. The minimum Gasteiger partial charge on any atom is -0.508 e. The lowest BCUT2D eigenvalue weighted by molar-refractivity contribution is 0.0804. The number of hydrogen-bond acceptors (Lipinski definition) is 4. The van der Waals surface area contributed by atoms with Crippen molar-refractivity contribution in [2.75, 3.05) is 13.2 Å². The largest absolute Gasteiger partial charge is 0.508 e. The van der Waals surface area contributed by atoms with Crippen molar-refractivity contribution < 1.29 is 19.7 Å². The van der Waals surface area contributed by atoms with E-state index in [-0.39, 0.29) is 34.9 Å². The number of ether oxygens (including phenoxy) is 1. The zero-order valence-corrected chi connectivity index (χ0v) is 11.5. The molecule has 1 rings (SSSR count). The van der Waals surface area contributed by atoms with E-state index in [2.05, 4.69) is 5.32 Å². The maximum absolute atomic E-state index is 12.0. The first-order chi connectivity index (χ1) is 8.95. The number of nitrogens with one attached hydrogen (secondary N) is 1. The molecule has 0 saturated carbocycles. The number of phenolic OH excluding ortho intramolecular Hbond substituents is 2. The van der Waals surface area contributed by atoms with Gasteiger partial charge in [0.25, 0.3) is 5.91 Å². The highest BCUT2D eigenvalue weighted by molar-refractivity contribution is 5.97. The smallest absolute Gasteiger partial charge is 0.255 e. The van der Waals surface area contributed by atoms with E-state index in [9.17, 15) is 15.0 Å². The normalized spacial score (nSPS) is 12.4. The van der Waals surface area contributed by atoms with E-state index in [4.69, 9.17) is 4.74 Å². The molecule has 5 nitrogen and oxygen atoms in total. The maximum atomic E-state index is 12.0. The van der Waals surface area contributed by atoms with Crippen molar-refractivity contribution in [2.24, 2.45) is 5.92 Å². The molecule has 0 aromatic heterocycles. The minimum absolute atomic E-state index is 0.0798. The van der Waals surface area contributed by atoms with E-state index in [1.165, 1.54) is 12.1 Å². The molecule has 0 aliphatic rings. The van der Waals surface area contributed by atoms with E-state index in [0.29, 0.717) is 13.2 Å². The third-order valence-corrected chi connectivity index (χ3v) is 2.85. The standard InChI is InChI=1S/C14H21NO4/c1-4-19-8-12(9(2)3)15-14(18)11-6-5-10(16)7-13(11)17/h5-7,9,12,16-17H,4,8H2,1-3H3,(H,15,18). The molecule has 5 heteroatoms. The SMILES string of the molecule is CCOCC(NC(=O)c1ccc(O)cc1O)C(C)C. The van der Waals surface area contributed by atoms with E-state index >= 15 is 0 Å². The molecule has 1 unspecified atom stereocenters. The average molecular weight is 267 g/mol. The molecule has 1 aromatic rings. The Bertz CT molecular complexity index is 431. The summed E-state index contributed by atoms with van der Waals surface area (Å²) in [7, 11) is 0. The molecule has 0 radical (unpaired) electrons. The van der Waals surface area contributed by atoms with E-state index in [0.717, 1.165) is 6.07 Å². The molecule has 0 aliphatic heterocycles. The summed E-state index contributed by atoms with van der Waals surface area (Å²) in [4.78, 5) is 12.0. The Hall–Kier alpha value is -1.75. The number of amides is 1. The second-order valence-electron chi connectivity index (χ2n) is 4.68. The zero-order chi connectivity index (χ0) is 14.4. The lowest BCUT2D eigenvalue weighted by atomic mass is 10.0. The number of benzene rings is 1. The predicted molar refractivity (Wildman–Crippen MR) is 72.4 cm³/mol. The van der Waals surface area contributed by atoms with Crippen molar-refractivity contribution in [3.05, 3.63) is 23.8 Å². The first-order valence-electron chi connectivity index (χ1n) is 6.36. The summed E-state index contributed by atoms with van der Waals surface area (Å²) in [5.74, 6) is -0.481. The van der Waals surface area contributed by atoms with Crippen LogP contribution in [0.25, 0.3) is 0 Å². The van der Waals surface area contributed by atoms with Crippen LogP contribution in [0.15, 0.2) is 18.2 Å². The van der Waals surface area contributed by atoms with Gasteiger partial charge in [0.15, 0.2) is 0 Å². The molecule has 0 fully saturated rings. The van der Waals surface area contributed by atoms with Crippen LogP contribution in [0, 0.1) is 5.92 Å². The second-order valence-corrected chi connectivity index (χ2v) is 4.68. The molecule has 3 N–H and O–H groups in total. The summed E-state index contributed by atoms with van der Waals surface area (Å²) in [5, 5.41) is 21.7. The lowest BCUT2D eigenvalue weighted by Crippen LogP contribution is -2.41. The molecule has 0 bridgehead atoms. The van der Waals surface area contributed by atoms with E-state index in [1.807, 2.05) is 20.8 Å². The Kier molecular flexibility index (Phi) is 5.63. The number of phenols is 2. The summed E-state index contributed by atoms with van der Waals surface area (Å²) < 4.78 is 5.33. The Balaban J connectivity index is 2.76. The van der Waals surface area contributed by atoms with Gasteiger partial charge >= 0.3 is 0 Å². The van der Waals surface area contributed by atoms with Crippen molar-refractivity contribution in [3.63, 3.8) is 0 Å². The summed E-state index contributed by atoms with van der Waals surface area (Å²) in [5.41, 5.74) is 0.139. The van der Waals surface area contributed by atoms with Crippen molar-refractivity contribution >= 4 is 5.91 Å². The zero-order valence-electron chi connectivity index (χ0n) is 11.5.